The summed E-state index contributed by atoms with van der Waals surface area (Å²) < 4.78 is 10.7. The molecule has 1 unspecified atom stereocenters. The average molecular weight is 306 g/mol. The van der Waals surface area contributed by atoms with Crippen molar-refractivity contribution in [3.8, 4) is 11.5 Å². The van der Waals surface area contributed by atoms with Crippen LogP contribution in [0.3, 0.4) is 0 Å². The van der Waals surface area contributed by atoms with E-state index < -0.39 is 0 Å². The van der Waals surface area contributed by atoms with Gasteiger partial charge in [-0.25, -0.2) is 0 Å². The van der Waals surface area contributed by atoms with Crippen molar-refractivity contribution < 1.29 is 24.2 Å². The van der Waals surface area contributed by atoms with E-state index in [9.17, 15) is 14.7 Å². The Labute approximate surface area is 127 Å². The predicted octanol–water partition coefficient (Wildman–Crippen LogP) is 0.413. The van der Waals surface area contributed by atoms with Crippen molar-refractivity contribution in [2.75, 3.05) is 31.2 Å². The molecule has 0 spiro atoms. The van der Waals surface area contributed by atoms with Crippen LogP contribution in [-0.2, 0) is 14.3 Å². The van der Waals surface area contributed by atoms with Crippen molar-refractivity contribution in [1.29, 1.82) is 0 Å². The first-order chi connectivity index (χ1) is 10.6. The summed E-state index contributed by atoms with van der Waals surface area (Å²) in [5.41, 5.74) is 0.406. The molecule has 2 amide bonds. The fraction of sp³-hybridized carbons (Fsp3) is 0.467. The highest BCUT2D eigenvalue weighted by molar-refractivity contribution is 6.02. The molecule has 1 aromatic carbocycles. The van der Waals surface area contributed by atoms with Gasteiger partial charge < -0.3 is 19.9 Å². The Morgan fingerprint density at radius 2 is 2.32 bits per heavy atom. The topological polar surface area (TPSA) is 88.1 Å². The van der Waals surface area contributed by atoms with Gasteiger partial charge in [0.1, 0.15) is 18.0 Å². The number of rotatable bonds is 4. The van der Waals surface area contributed by atoms with Gasteiger partial charge in [0.05, 0.1) is 11.8 Å². The number of fused-ring (bicyclic) bond motifs is 1. The zero-order valence-electron chi connectivity index (χ0n) is 12.1. The quantitative estimate of drug-likeness (QED) is 0.841. The van der Waals surface area contributed by atoms with Crippen LogP contribution >= 0.6 is 0 Å². The first-order valence-corrected chi connectivity index (χ1v) is 7.28. The number of phenols is 1. The molecule has 2 aliphatic heterocycles. The summed E-state index contributed by atoms with van der Waals surface area (Å²) in [6.45, 7) is 0.960. The summed E-state index contributed by atoms with van der Waals surface area (Å²) >= 11 is 0. The van der Waals surface area contributed by atoms with Gasteiger partial charge in [-0.15, -0.1) is 0 Å². The van der Waals surface area contributed by atoms with Crippen LogP contribution in [0.5, 0.6) is 11.5 Å². The number of hydrogen-bond acceptors (Lipinski definition) is 5. The molecule has 0 radical (unpaired) electrons. The second-order valence-corrected chi connectivity index (χ2v) is 5.36. The van der Waals surface area contributed by atoms with Crippen LogP contribution < -0.4 is 15.0 Å². The average Bonchev–Trinajstić information content (AvgIpc) is 3.02. The van der Waals surface area contributed by atoms with Crippen molar-refractivity contribution in [3.63, 3.8) is 0 Å². The number of nitrogens with one attached hydrogen (secondary N) is 1. The zero-order valence-corrected chi connectivity index (χ0v) is 12.1. The highest BCUT2D eigenvalue weighted by atomic mass is 16.5. The van der Waals surface area contributed by atoms with E-state index in [1.807, 2.05) is 0 Å². The SMILES string of the molecule is O=C(CN1C(=O)COc2ccc(O)cc21)NCC1CCCO1. The number of phenolic OH excluding ortho intramolecular Hbond substituents is 1. The molecule has 1 atom stereocenters. The Morgan fingerprint density at radius 1 is 1.45 bits per heavy atom. The fourth-order valence-corrected chi connectivity index (χ4v) is 2.60. The van der Waals surface area contributed by atoms with Gasteiger partial charge in [-0.1, -0.05) is 0 Å². The number of benzene rings is 1. The maximum atomic E-state index is 12.0. The normalized spacial score (nSPS) is 20.5. The summed E-state index contributed by atoms with van der Waals surface area (Å²) in [6, 6.07) is 4.47. The molecular formula is C15H18N2O5. The van der Waals surface area contributed by atoms with E-state index in [1.165, 1.54) is 17.0 Å². The molecule has 1 saturated heterocycles. The minimum atomic E-state index is -0.314. The number of aromatic hydroxyl groups is 1. The number of amides is 2. The number of hydrogen-bond donors (Lipinski definition) is 2. The smallest absolute Gasteiger partial charge is 0.265 e. The summed E-state index contributed by atoms with van der Waals surface area (Å²) in [7, 11) is 0. The van der Waals surface area contributed by atoms with Crippen LogP contribution in [0.15, 0.2) is 18.2 Å². The Morgan fingerprint density at radius 3 is 3.09 bits per heavy atom. The van der Waals surface area contributed by atoms with Gasteiger partial charge in [0.25, 0.3) is 5.91 Å². The molecule has 1 aromatic rings. The molecule has 2 aliphatic rings. The van der Waals surface area contributed by atoms with Crippen LogP contribution in [0.25, 0.3) is 0 Å². The van der Waals surface area contributed by atoms with Crippen LogP contribution in [0, 0.1) is 0 Å². The lowest BCUT2D eigenvalue weighted by molar-refractivity contribution is -0.125. The van der Waals surface area contributed by atoms with Crippen LogP contribution in [0.1, 0.15) is 12.8 Å². The summed E-state index contributed by atoms with van der Waals surface area (Å²) in [5, 5.41) is 12.3. The molecule has 0 saturated carbocycles. The second kappa shape index (κ2) is 6.23. The Bertz CT molecular complexity index is 583. The lowest BCUT2D eigenvalue weighted by Gasteiger charge is -2.29. The second-order valence-electron chi connectivity index (χ2n) is 5.36. The Kier molecular flexibility index (Phi) is 4.15. The van der Waals surface area contributed by atoms with Crippen LogP contribution in [0.4, 0.5) is 5.69 Å². The predicted molar refractivity (Wildman–Crippen MR) is 77.9 cm³/mol. The molecular weight excluding hydrogens is 288 g/mol. The molecule has 0 aromatic heterocycles. The van der Waals surface area contributed by atoms with E-state index in [2.05, 4.69) is 5.32 Å². The van der Waals surface area contributed by atoms with E-state index in [0.29, 0.717) is 18.0 Å². The van der Waals surface area contributed by atoms with Crippen molar-refractivity contribution in [2.45, 2.75) is 18.9 Å². The van der Waals surface area contributed by atoms with E-state index in [0.717, 1.165) is 19.4 Å². The van der Waals surface area contributed by atoms with Crippen molar-refractivity contribution in [2.24, 2.45) is 0 Å². The third-order valence-corrected chi connectivity index (χ3v) is 3.74. The molecule has 7 heteroatoms. The van der Waals surface area contributed by atoms with Gasteiger partial charge in [0.2, 0.25) is 5.91 Å². The van der Waals surface area contributed by atoms with Gasteiger partial charge in [-0.3, -0.25) is 14.5 Å². The zero-order chi connectivity index (χ0) is 15.5. The molecule has 22 heavy (non-hydrogen) atoms. The van der Waals surface area contributed by atoms with Crippen molar-refractivity contribution in [3.05, 3.63) is 18.2 Å². The first kappa shape index (κ1) is 14.6. The van der Waals surface area contributed by atoms with Gasteiger partial charge in [0.15, 0.2) is 6.61 Å². The standard InChI is InChI=1S/C15H18N2O5/c18-10-3-4-13-12(6-10)17(15(20)9-22-13)8-14(19)16-7-11-2-1-5-21-11/h3-4,6,11,18H,1-2,5,7-9H2,(H,16,19). The lowest BCUT2D eigenvalue weighted by Crippen LogP contribution is -2.46. The fourth-order valence-electron chi connectivity index (χ4n) is 2.60. The van der Waals surface area contributed by atoms with E-state index in [1.54, 1.807) is 6.07 Å². The Balaban J connectivity index is 1.64. The monoisotopic (exact) mass is 306 g/mol. The molecule has 118 valence electrons. The highest BCUT2D eigenvalue weighted by Crippen LogP contribution is 2.34. The van der Waals surface area contributed by atoms with E-state index >= 15 is 0 Å². The molecule has 1 fully saturated rings. The van der Waals surface area contributed by atoms with Gasteiger partial charge >= 0.3 is 0 Å². The third-order valence-electron chi connectivity index (χ3n) is 3.74. The minimum absolute atomic E-state index is 0.0156. The summed E-state index contributed by atoms with van der Waals surface area (Å²) in [4.78, 5) is 25.3. The van der Waals surface area contributed by atoms with Gasteiger partial charge in [-0.2, -0.15) is 0 Å². The third kappa shape index (κ3) is 3.14. The number of ether oxygens (including phenoxy) is 2. The summed E-state index contributed by atoms with van der Waals surface area (Å²) in [6.07, 6.45) is 2.00. The van der Waals surface area contributed by atoms with Crippen molar-refractivity contribution in [1.82, 2.24) is 5.32 Å². The number of nitrogens with zero attached hydrogens (tertiary/aromatic N) is 1. The highest BCUT2D eigenvalue weighted by Gasteiger charge is 2.28. The molecule has 0 aliphatic carbocycles. The molecule has 2 N–H and O–H groups in total. The van der Waals surface area contributed by atoms with Crippen LogP contribution in [0.2, 0.25) is 0 Å². The largest absolute Gasteiger partial charge is 0.508 e. The van der Waals surface area contributed by atoms with Crippen LogP contribution in [-0.4, -0.2) is 49.3 Å². The molecule has 7 nitrogen and oxygen atoms in total. The lowest BCUT2D eigenvalue weighted by atomic mass is 10.2. The maximum Gasteiger partial charge on any atom is 0.265 e. The Hall–Kier alpha value is -2.28. The van der Waals surface area contributed by atoms with Crippen molar-refractivity contribution >= 4 is 17.5 Å². The van der Waals surface area contributed by atoms with E-state index in [-0.39, 0.29) is 36.8 Å². The molecule has 0 bridgehead atoms. The molecule has 2 heterocycles. The van der Waals surface area contributed by atoms with Gasteiger partial charge in [-0.05, 0) is 25.0 Å². The number of carbonyl (C=O) groups is 2. The first-order valence-electron chi connectivity index (χ1n) is 7.28. The molecule has 3 rings (SSSR count). The van der Waals surface area contributed by atoms with Gasteiger partial charge in [0, 0.05) is 19.2 Å². The number of anilines is 1. The minimum Gasteiger partial charge on any atom is -0.508 e. The summed E-state index contributed by atoms with van der Waals surface area (Å²) in [5.74, 6) is -0.0865. The van der Waals surface area contributed by atoms with E-state index in [4.69, 9.17) is 9.47 Å². The number of carbonyl (C=O) groups excluding carboxylic acids is 2. The maximum absolute atomic E-state index is 12.0.